The van der Waals surface area contributed by atoms with E-state index in [1.807, 2.05) is 32.0 Å². The first-order chi connectivity index (χ1) is 16.8. The van der Waals surface area contributed by atoms with E-state index in [0.29, 0.717) is 34.3 Å². The molecule has 3 aromatic carbocycles. The van der Waals surface area contributed by atoms with Gasteiger partial charge in [0.1, 0.15) is 11.5 Å². The van der Waals surface area contributed by atoms with E-state index < -0.39 is 11.9 Å². The molecule has 0 aromatic heterocycles. The summed E-state index contributed by atoms with van der Waals surface area (Å²) in [5.41, 5.74) is 3.32. The molecule has 3 rings (SSSR count). The SMILES string of the molecule is Cc1cc(C)cc(NC(=O)COC(=O)CCCC(=O)Nc2ccc(Oc3ccc(Cl)cc3)cc2)c1. The van der Waals surface area contributed by atoms with Crippen LogP contribution in [-0.4, -0.2) is 24.4 Å². The summed E-state index contributed by atoms with van der Waals surface area (Å²) < 4.78 is 10.7. The maximum atomic E-state index is 12.2. The van der Waals surface area contributed by atoms with Crippen LogP contribution in [0.4, 0.5) is 11.4 Å². The third-order valence-corrected chi connectivity index (χ3v) is 5.09. The summed E-state index contributed by atoms with van der Waals surface area (Å²) >= 11 is 5.86. The van der Waals surface area contributed by atoms with Gasteiger partial charge in [-0.1, -0.05) is 17.7 Å². The predicted octanol–water partition coefficient (Wildman–Crippen LogP) is 6.04. The minimum atomic E-state index is -0.530. The van der Waals surface area contributed by atoms with E-state index in [1.165, 1.54) is 0 Å². The molecule has 0 aliphatic heterocycles. The van der Waals surface area contributed by atoms with Crippen LogP contribution >= 0.6 is 11.6 Å². The highest BCUT2D eigenvalue weighted by atomic mass is 35.5. The summed E-state index contributed by atoms with van der Waals surface area (Å²) in [6, 6.07) is 19.6. The molecule has 2 amide bonds. The van der Waals surface area contributed by atoms with Crippen molar-refractivity contribution < 1.29 is 23.9 Å². The molecule has 0 heterocycles. The number of ether oxygens (including phenoxy) is 2. The quantitative estimate of drug-likeness (QED) is 0.335. The van der Waals surface area contributed by atoms with Crippen molar-refractivity contribution in [1.29, 1.82) is 0 Å². The molecule has 35 heavy (non-hydrogen) atoms. The Kier molecular flexibility index (Phi) is 9.26. The number of carbonyl (C=O) groups excluding carboxylic acids is 3. The molecule has 0 fully saturated rings. The Labute approximate surface area is 209 Å². The molecule has 0 spiro atoms. The van der Waals surface area contributed by atoms with Crippen LogP contribution in [0.25, 0.3) is 0 Å². The number of hydrogen-bond acceptors (Lipinski definition) is 5. The molecule has 0 saturated carbocycles. The largest absolute Gasteiger partial charge is 0.457 e. The molecule has 0 saturated heterocycles. The third kappa shape index (κ3) is 9.14. The van der Waals surface area contributed by atoms with Gasteiger partial charge >= 0.3 is 5.97 Å². The maximum absolute atomic E-state index is 12.2. The van der Waals surface area contributed by atoms with Gasteiger partial charge in [0.05, 0.1) is 0 Å². The average molecular weight is 495 g/mol. The zero-order valence-corrected chi connectivity index (χ0v) is 20.4. The lowest BCUT2D eigenvalue weighted by Crippen LogP contribution is -2.21. The number of halogens is 1. The van der Waals surface area contributed by atoms with E-state index in [1.54, 1.807) is 48.5 Å². The number of hydrogen-bond donors (Lipinski definition) is 2. The van der Waals surface area contributed by atoms with Gasteiger partial charge in [-0.2, -0.15) is 0 Å². The third-order valence-electron chi connectivity index (χ3n) is 4.84. The smallest absolute Gasteiger partial charge is 0.306 e. The molecular weight excluding hydrogens is 468 g/mol. The van der Waals surface area contributed by atoms with Gasteiger partial charge in [0.2, 0.25) is 5.91 Å². The summed E-state index contributed by atoms with van der Waals surface area (Å²) in [4.78, 5) is 36.1. The molecule has 0 aliphatic carbocycles. The van der Waals surface area contributed by atoms with Crippen molar-refractivity contribution in [3.63, 3.8) is 0 Å². The molecule has 0 radical (unpaired) electrons. The Morgan fingerprint density at radius 1 is 0.743 bits per heavy atom. The van der Waals surface area contributed by atoms with Crippen molar-refractivity contribution in [3.05, 3.63) is 82.9 Å². The molecular formula is C27H27ClN2O5. The fraction of sp³-hybridized carbons (Fsp3) is 0.222. The van der Waals surface area contributed by atoms with Crippen molar-refractivity contribution in [2.75, 3.05) is 17.2 Å². The highest BCUT2D eigenvalue weighted by Gasteiger charge is 2.10. The molecule has 0 unspecified atom stereocenters. The Morgan fingerprint density at radius 2 is 1.31 bits per heavy atom. The van der Waals surface area contributed by atoms with Crippen molar-refractivity contribution in [1.82, 2.24) is 0 Å². The topological polar surface area (TPSA) is 93.7 Å². The monoisotopic (exact) mass is 494 g/mol. The summed E-state index contributed by atoms with van der Waals surface area (Å²) in [6.07, 6.45) is 0.492. The minimum absolute atomic E-state index is 0.0398. The number of nitrogens with one attached hydrogen (secondary N) is 2. The summed E-state index contributed by atoms with van der Waals surface area (Å²) in [5.74, 6) is 0.105. The second-order valence-electron chi connectivity index (χ2n) is 8.07. The van der Waals surface area contributed by atoms with Crippen LogP contribution in [0.1, 0.15) is 30.4 Å². The highest BCUT2D eigenvalue weighted by molar-refractivity contribution is 6.30. The number of anilines is 2. The van der Waals surface area contributed by atoms with Crippen LogP contribution in [-0.2, 0) is 19.1 Å². The fourth-order valence-corrected chi connectivity index (χ4v) is 3.45. The molecule has 0 bridgehead atoms. The Balaban J connectivity index is 1.33. The molecule has 7 nitrogen and oxygen atoms in total. The minimum Gasteiger partial charge on any atom is -0.457 e. The van der Waals surface area contributed by atoms with Gasteiger partial charge in [0.15, 0.2) is 6.61 Å². The first-order valence-corrected chi connectivity index (χ1v) is 11.5. The zero-order valence-electron chi connectivity index (χ0n) is 19.6. The van der Waals surface area contributed by atoms with Crippen LogP contribution < -0.4 is 15.4 Å². The first kappa shape index (κ1) is 25.8. The van der Waals surface area contributed by atoms with E-state index >= 15 is 0 Å². The van der Waals surface area contributed by atoms with Gasteiger partial charge in [-0.05, 0) is 92.1 Å². The molecule has 3 aromatic rings. The number of esters is 1. The second-order valence-corrected chi connectivity index (χ2v) is 8.50. The highest BCUT2D eigenvalue weighted by Crippen LogP contribution is 2.24. The Hall–Kier alpha value is -3.84. The molecule has 0 atom stereocenters. The van der Waals surface area contributed by atoms with Crippen molar-refractivity contribution in [2.45, 2.75) is 33.1 Å². The Morgan fingerprint density at radius 3 is 1.94 bits per heavy atom. The molecule has 182 valence electrons. The van der Waals surface area contributed by atoms with E-state index in [0.717, 1.165) is 11.1 Å². The van der Waals surface area contributed by atoms with E-state index in [9.17, 15) is 14.4 Å². The van der Waals surface area contributed by atoms with Crippen LogP contribution in [0, 0.1) is 13.8 Å². The maximum Gasteiger partial charge on any atom is 0.306 e. The first-order valence-electron chi connectivity index (χ1n) is 11.1. The van der Waals surface area contributed by atoms with Crippen LogP contribution in [0.15, 0.2) is 66.7 Å². The van der Waals surface area contributed by atoms with E-state index in [-0.39, 0.29) is 25.4 Å². The van der Waals surface area contributed by atoms with Gasteiger partial charge < -0.3 is 20.1 Å². The second kappa shape index (κ2) is 12.6. The molecule has 2 N–H and O–H groups in total. The van der Waals surface area contributed by atoms with Gasteiger partial charge in [0, 0.05) is 29.2 Å². The Bertz CT molecular complexity index is 1160. The number of aryl methyl sites for hydroxylation is 2. The van der Waals surface area contributed by atoms with E-state index in [4.69, 9.17) is 21.1 Å². The lowest BCUT2D eigenvalue weighted by atomic mass is 10.1. The summed E-state index contributed by atoms with van der Waals surface area (Å²) in [7, 11) is 0. The molecule has 0 aliphatic rings. The number of benzene rings is 3. The van der Waals surface area contributed by atoms with Crippen molar-refractivity contribution in [3.8, 4) is 11.5 Å². The van der Waals surface area contributed by atoms with Crippen LogP contribution in [0.3, 0.4) is 0 Å². The van der Waals surface area contributed by atoms with E-state index in [2.05, 4.69) is 10.6 Å². The lowest BCUT2D eigenvalue weighted by molar-refractivity contribution is -0.147. The number of rotatable bonds is 10. The fourth-order valence-electron chi connectivity index (χ4n) is 3.32. The van der Waals surface area contributed by atoms with Crippen molar-refractivity contribution in [2.24, 2.45) is 0 Å². The number of amides is 2. The van der Waals surface area contributed by atoms with Gasteiger partial charge in [-0.3, -0.25) is 14.4 Å². The van der Waals surface area contributed by atoms with Gasteiger partial charge in [0.25, 0.3) is 5.91 Å². The van der Waals surface area contributed by atoms with Crippen molar-refractivity contribution >= 4 is 40.8 Å². The average Bonchev–Trinajstić information content (AvgIpc) is 2.80. The zero-order chi connectivity index (χ0) is 25.2. The van der Waals surface area contributed by atoms with Crippen LogP contribution in [0.5, 0.6) is 11.5 Å². The van der Waals surface area contributed by atoms with Gasteiger partial charge in [-0.15, -0.1) is 0 Å². The predicted molar refractivity (Wildman–Crippen MR) is 136 cm³/mol. The van der Waals surface area contributed by atoms with Crippen LogP contribution in [0.2, 0.25) is 5.02 Å². The molecule has 8 heteroatoms. The summed E-state index contributed by atoms with van der Waals surface area (Å²) in [6.45, 7) is 3.50. The van der Waals surface area contributed by atoms with Gasteiger partial charge in [-0.25, -0.2) is 0 Å². The standard InChI is InChI=1S/C27H27ClN2O5/c1-18-14-19(2)16-22(15-18)30-26(32)17-34-27(33)5-3-4-25(31)29-21-8-12-24(13-9-21)35-23-10-6-20(28)7-11-23/h6-16H,3-5,17H2,1-2H3,(H,29,31)(H,30,32). The lowest BCUT2D eigenvalue weighted by Gasteiger charge is -2.09. The summed E-state index contributed by atoms with van der Waals surface area (Å²) in [5, 5.41) is 6.11. The normalized spacial score (nSPS) is 10.4. The number of carbonyl (C=O) groups is 3.